The summed E-state index contributed by atoms with van der Waals surface area (Å²) in [6, 6.07) is 13.2. The topological polar surface area (TPSA) is 51.2 Å². The van der Waals surface area contributed by atoms with Gasteiger partial charge >= 0.3 is 6.09 Å². The van der Waals surface area contributed by atoms with Crippen LogP contribution in [0, 0.1) is 6.92 Å². The van der Waals surface area contributed by atoms with Crippen molar-refractivity contribution in [3.63, 3.8) is 0 Å². The molecule has 0 bridgehead atoms. The third kappa shape index (κ3) is 3.31. The highest BCUT2D eigenvalue weighted by molar-refractivity contribution is 5.84. The maximum Gasteiger partial charge on any atom is 0.413 e. The van der Waals surface area contributed by atoms with Crippen molar-refractivity contribution < 1.29 is 9.53 Å². The lowest BCUT2D eigenvalue weighted by Gasteiger charge is -2.07. The van der Waals surface area contributed by atoms with E-state index >= 15 is 0 Å². The fourth-order valence-electron chi connectivity index (χ4n) is 1.47. The van der Waals surface area contributed by atoms with Crippen LogP contribution >= 0.6 is 0 Å². The van der Waals surface area contributed by atoms with E-state index < -0.39 is 6.09 Å². The molecular weight excluding hydrogens is 228 g/mol. The molecule has 0 fully saturated rings. The van der Waals surface area contributed by atoms with Crippen LogP contribution in [0.4, 0.5) is 10.6 Å². The van der Waals surface area contributed by atoms with Gasteiger partial charge in [-0.1, -0.05) is 36.4 Å². The molecule has 2 aromatic rings. The molecule has 1 aromatic carbocycles. The molecule has 1 N–H and O–H groups in total. The number of aryl methyl sites for hydroxylation is 1. The monoisotopic (exact) mass is 242 g/mol. The van der Waals surface area contributed by atoms with Crippen LogP contribution in [0.15, 0.2) is 48.7 Å². The second-order valence-corrected chi connectivity index (χ2v) is 3.86. The quantitative estimate of drug-likeness (QED) is 0.899. The van der Waals surface area contributed by atoms with Gasteiger partial charge in [-0.15, -0.1) is 0 Å². The van der Waals surface area contributed by atoms with Crippen LogP contribution in [0.1, 0.15) is 11.1 Å². The van der Waals surface area contributed by atoms with E-state index in [1.807, 2.05) is 49.4 Å². The number of nitrogens with one attached hydrogen (secondary N) is 1. The van der Waals surface area contributed by atoms with E-state index in [-0.39, 0.29) is 6.61 Å². The number of rotatable bonds is 3. The summed E-state index contributed by atoms with van der Waals surface area (Å²) in [5, 5.41) is 2.61. The number of amides is 1. The Morgan fingerprint density at radius 3 is 2.72 bits per heavy atom. The highest BCUT2D eigenvalue weighted by Gasteiger charge is 2.06. The van der Waals surface area contributed by atoms with Crippen molar-refractivity contribution in [2.75, 3.05) is 5.32 Å². The molecule has 92 valence electrons. The summed E-state index contributed by atoms with van der Waals surface area (Å²) in [5.41, 5.74) is 1.85. The Labute approximate surface area is 106 Å². The van der Waals surface area contributed by atoms with Gasteiger partial charge in [0.25, 0.3) is 0 Å². The van der Waals surface area contributed by atoms with Gasteiger partial charge in [-0.2, -0.15) is 0 Å². The molecule has 2 rings (SSSR count). The van der Waals surface area contributed by atoms with Crippen LogP contribution in [0.5, 0.6) is 0 Å². The van der Waals surface area contributed by atoms with Gasteiger partial charge in [-0.3, -0.25) is 5.32 Å². The molecule has 0 spiro atoms. The molecule has 0 aliphatic heterocycles. The Morgan fingerprint density at radius 2 is 2.00 bits per heavy atom. The van der Waals surface area contributed by atoms with Crippen molar-refractivity contribution in [1.29, 1.82) is 0 Å². The first kappa shape index (κ1) is 12.1. The van der Waals surface area contributed by atoms with Gasteiger partial charge in [0, 0.05) is 6.20 Å². The number of carbonyl (C=O) groups is 1. The number of ether oxygens (including phenoxy) is 1. The lowest BCUT2D eigenvalue weighted by Crippen LogP contribution is -2.15. The maximum atomic E-state index is 11.6. The number of carbonyl (C=O) groups excluding carboxylic acids is 1. The fraction of sp³-hybridized carbons (Fsp3) is 0.143. The molecule has 0 aliphatic rings. The summed E-state index contributed by atoms with van der Waals surface area (Å²) < 4.78 is 5.10. The van der Waals surface area contributed by atoms with Gasteiger partial charge < -0.3 is 4.74 Å². The zero-order valence-corrected chi connectivity index (χ0v) is 10.1. The van der Waals surface area contributed by atoms with Crippen molar-refractivity contribution in [2.45, 2.75) is 13.5 Å². The predicted molar refractivity (Wildman–Crippen MR) is 69.2 cm³/mol. The number of aromatic nitrogens is 1. The van der Waals surface area contributed by atoms with Crippen molar-refractivity contribution in [3.8, 4) is 0 Å². The van der Waals surface area contributed by atoms with E-state index in [1.54, 1.807) is 6.20 Å². The molecule has 18 heavy (non-hydrogen) atoms. The molecule has 0 aliphatic carbocycles. The van der Waals surface area contributed by atoms with Crippen molar-refractivity contribution in [2.24, 2.45) is 0 Å². The van der Waals surface area contributed by atoms with E-state index in [1.165, 1.54) is 0 Å². The molecule has 4 nitrogen and oxygen atoms in total. The maximum absolute atomic E-state index is 11.6. The Balaban J connectivity index is 1.88. The minimum atomic E-state index is -0.499. The van der Waals surface area contributed by atoms with E-state index in [4.69, 9.17) is 4.74 Å². The summed E-state index contributed by atoms with van der Waals surface area (Å²) in [6.45, 7) is 2.12. The fourth-order valence-corrected chi connectivity index (χ4v) is 1.47. The number of anilines is 1. The van der Waals surface area contributed by atoms with Gasteiger partial charge in [0.2, 0.25) is 0 Å². The predicted octanol–water partition coefficient (Wildman–Crippen LogP) is 3.14. The molecule has 0 saturated carbocycles. The summed E-state index contributed by atoms with van der Waals surface area (Å²) in [7, 11) is 0. The summed E-state index contributed by atoms with van der Waals surface area (Å²) in [5.74, 6) is 0.524. The van der Waals surface area contributed by atoms with Gasteiger partial charge in [0.1, 0.15) is 12.4 Å². The average Bonchev–Trinajstić information content (AvgIpc) is 2.40. The first-order valence-corrected chi connectivity index (χ1v) is 5.65. The van der Waals surface area contributed by atoms with Crippen LogP contribution in [-0.4, -0.2) is 11.1 Å². The normalized spacial score (nSPS) is 9.83. The van der Waals surface area contributed by atoms with Crippen LogP contribution in [0.2, 0.25) is 0 Å². The molecule has 0 saturated heterocycles. The molecule has 0 radical (unpaired) electrons. The van der Waals surface area contributed by atoms with Crippen molar-refractivity contribution in [1.82, 2.24) is 4.98 Å². The molecule has 1 amide bonds. The largest absolute Gasteiger partial charge is 0.444 e. The Morgan fingerprint density at radius 1 is 1.22 bits per heavy atom. The smallest absolute Gasteiger partial charge is 0.413 e. The Kier molecular flexibility index (Phi) is 3.91. The second-order valence-electron chi connectivity index (χ2n) is 3.86. The molecule has 4 heteroatoms. The molecule has 1 heterocycles. The lowest BCUT2D eigenvalue weighted by atomic mass is 10.2. The zero-order valence-electron chi connectivity index (χ0n) is 10.1. The van der Waals surface area contributed by atoms with Gasteiger partial charge in [-0.25, -0.2) is 9.78 Å². The highest BCUT2D eigenvalue weighted by Crippen LogP contribution is 2.10. The standard InChI is InChI=1S/C14H14N2O2/c1-11-6-5-9-15-13(11)16-14(17)18-10-12-7-3-2-4-8-12/h2-9H,10H2,1H3,(H,15,16,17). The third-order valence-electron chi connectivity index (χ3n) is 2.44. The highest BCUT2D eigenvalue weighted by atomic mass is 16.5. The number of nitrogens with zero attached hydrogens (tertiary/aromatic N) is 1. The van der Waals surface area contributed by atoms with Crippen LogP contribution in [0.3, 0.4) is 0 Å². The van der Waals surface area contributed by atoms with Crippen LogP contribution in [-0.2, 0) is 11.3 Å². The van der Waals surface area contributed by atoms with Gasteiger partial charge in [0.05, 0.1) is 0 Å². The number of hydrogen-bond donors (Lipinski definition) is 1. The average molecular weight is 242 g/mol. The Bertz CT molecular complexity index is 526. The van der Waals surface area contributed by atoms with E-state index in [0.717, 1.165) is 11.1 Å². The van der Waals surface area contributed by atoms with Crippen LogP contribution in [0.25, 0.3) is 0 Å². The second kappa shape index (κ2) is 5.82. The van der Waals surface area contributed by atoms with E-state index in [2.05, 4.69) is 10.3 Å². The van der Waals surface area contributed by atoms with Gasteiger partial charge in [-0.05, 0) is 24.1 Å². The first-order valence-electron chi connectivity index (χ1n) is 5.65. The SMILES string of the molecule is Cc1cccnc1NC(=O)OCc1ccccc1. The zero-order chi connectivity index (χ0) is 12.8. The minimum absolute atomic E-state index is 0.249. The lowest BCUT2D eigenvalue weighted by molar-refractivity contribution is 0.155. The Hall–Kier alpha value is -2.36. The van der Waals surface area contributed by atoms with Crippen molar-refractivity contribution >= 4 is 11.9 Å². The van der Waals surface area contributed by atoms with Crippen LogP contribution < -0.4 is 5.32 Å². The number of benzene rings is 1. The molecular formula is C14H14N2O2. The minimum Gasteiger partial charge on any atom is -0.444 e. The molecule has 0 atom stereocenters. The molecule has 1 aromatic heterocycles. The van der Waals surface area contributed by atoms with Gasteiger partial charge in [0.15, 0.2) is 0 Å². The van der Waals surface area contributed by atoms with E-state index in [0.29, 0.717) is 5.82 Å². The number of pyridine rings is 1. The van der Waals surface area contributed by atoms with E-state index in [9.17, 15) is 4.79 Å². The summed E-state index contributed by atoms with van der Waals surface area (Å²) >= 11 is 0. The van der Waals surface area contributed by atoms with Crippen molar-refractivity contribution in [3.05, 3.63) is 59.8 Å². The third-order valence-corrected chi connectivity index (χ3v) is 2.44. The summed E-state index contributed by atoms with van der Waals surface area (Å²) in [6.07, 6.45) is 1.13. The first-order chi connectivity index (χ1) is 8.75. The molecule has 0 unspecified atom stereocenters. The number of hydrogen-bond acceptors (Lipinski definition) is 3. The summed E-state index contributed by atoms with van der Waals surface area (Å²) in [4.78, 5) is 15.6.